The summed E-state index contributed by atoms with van der Waals surface area (Å²) in [5.41, 5.74) is 0. The van der Waals surface area contributed by atoms with Gasteiger partial charge in [0.2, 0.25) is 0 Å². The van der Waals surface area contributed by atoms with E-state index in [1.165, 1.54) is 12.1 Å². The van der Waals surface area contributed by atoms with Crippen LogP contribution in [0.1, 0.15) is 0 Å². The zero-order chi connectivity index (χ0) is 9.03. The number of carbonyl (C=O) groups excluding carboxylic acids is 1. The predicted molar refractivity (Wildman–Crippen MR) is 40.8 cm³/mol. The van der Waals surface area contributed by atoms with Crippen molar-refractivity contribution in [1.29, 1.82) is 0 Å². The molecular formula is C7H6O4S. The fourth-order valence-corrected chi connectivity index (χ4v) is 1.40. The second-order valence-electron chi connectivity index (χ2n) is 1.96. The molecule has 1 aromatic carbocycles. The summed E-state index contributed by atoms with van der Waals surface area (Å²) in [4.78, 5) is 9.76. The van der Waals surface area contributed by atoms with Crippen LogP contribution in [0.5, 0.6) is 0 Å². The highest BCUT2D eigenvalue weighted by molar-refractivity contribution is 7.87. The van der Waals surface area contributed by atoms with Gasteiger partial charge in [-0.25, -0.2) is 0 Å². The number of hydrogen-bond acceptors (Lipinski definition) is 4. The lowest BCUT2D eigenvalue weighted by molar-refractivity contribution is -0.120. The standard InChI is InChI=1S/C7H6O4S/c8-6-11-12(9,10)7-4-2-1-3-5-7/h1-6H. The van der Waals surface area contributed by atoms with E-state index < -0.39 is 10.1 Å². The molecule has 0 saturated carbocycles. The number of benzene rings is 1. The Kier molecular flexibility index (Phi) is 2.44. The van der Waals surface area contributed by atoms with E-state index in [9.17, 15) is 13.2 Å². The topological polar surface area (TPSA) is 60.4 Å². The summed E-state index contributed by atoms with van der Waals surface area (Å²) in [5.74, 6) is 0. The van der Waals surface area contributed by atoms with Gasteiger partial charge in [0.15, 0.2) is 0 Å². The molecule has 0 N–H and O–H groups in total. The molecule has 0 amide bonds. The van der Waals surface area contributed by atoms with Crippen molar-refractivity contribution in [2.75, 3.05) is 0 Å². The Balaban J connectivity index is 3.07. The van der Waals surface area contributed by atoms with Crippen molar-refractivity contribution in [3.05, 3.63) is 30.3 Å². The van der Waals surface area contributed by atoms with E-state index in [0.717, 1.165) is 0 Å². The van der Waals surface area contributed by atoms with E-state index in [1.54, 1.807) is 18.2 Å². The summed E-state index contributed by atoms with van der Waals surface area (Å²) in [6, 6.07) is 7.44. The van der Waals surface area contributed by atoms with Gasteiger partial charge in [0.1, 0.15) is 4.90 Å². The third kappa shape index (κ3) is 1.82. The average molecular weight is 186 g/mol. The van der Waals surface area contributed by atoms with Gasteiger partial charge >= 0.3 is 16.6 Å². The molecule has 0 aliphatic rings. The molecule has 0 unspecified atom stereocenters. The molecule has 12 heavy (non-hydrogen) atoms. The smallest absolute Gasteiger partial charge is 0.341 e. The quantitative estimate of drug-likeness (QED) is 0.511. The third-order valence-corrected chi connectivity index (χ3v) is 2.38. The van der Waals surface area contributed by atoms with Gasteiger partial charge in [-0.1, -0.05) is 18.2 Å². The molecule has 0 aromatic heterocycles. The van der Waals surface area contributed by atoms with Crippen LogP contribution in [-0.4, -0.2) is 14.9 Å². The largest absolute Gasteiger partial charge is 0.345 e. The molecule has 0 fully saturated rings. The first kappa shape index (κ1) is 8.73. The van der Waals surface area contributed by atoms with Crippen molar-refractivity contribution in [2.24, 2.45) is 0 Å². The SMILES string of the molecule is O=COS(=O)(=O)c1ccccc1. The maximum Gasteiger partial charge on any atom is 0.341 e. The van der Waals surface area contributed by atoms with Crippen molar-refractivity contribution in [3.63, 3.8) is 0 Å². The predicted octanol–water partition coefficient (Wildman–Crippen LogP) is 0.548. The molecule has 0 aliphatic heterocycles. The fraction of sp³-hybridized carbons (Fsp3) is 0. The zero-order valence-corrected chi connectivity index (χ0v) is 6.82. The molecular weight excluding hydrogens is 180 g/mol. The van der Waals surface area contributed by atoms with Crippen LogP contribution < -0.4 is 0 Å². The summed E-state index contributed by atoms with van der Waals surface area (Å²) in [6.45, 7) is -0.109. The lowest BCUT2D eigenvalue weighted by Gasteiger charge is -1.98. The van der Waals surface area contributed by atoms with Gasteiger partial charge in [0.05, 0.1) is 0 Å². The fourth-order valence-electron chi connectivity index (χ4n) is 0.694. The van der Waals surface area contributed by atoms with Gasteiger partial charge in [-0.3, -0.25) is 4.79 Å². The molecule has 0 heterocycles. The minimum atomic E-state index is -3.88. The van der Waals surface area contributed by atoms with E-state index in [1.807, 2.05) is 0 Å². The van der Waals surface area contributed by atoms with Gasteiger partial charge in [-0.05, 0) is 12.1 Å². The minimum Gasteiger partial charge on any atom is -0.345 e. The Morgan fingerprint density at radius 2 is 1.75 bits per heavy atom. The second-order valence-corrected chi connectivity index (χ2v) is 3.53. The van der Waals surface area contributed by atoms with Crippen LogP contribution in [0.15, 0.2) is 35.2 Å². The van der Waals surface area contributed by atoms with Crippen LogP contribution in [0.25, 0.3) is 0 Å². The van der Waals surface area contributed by atoms with Crippen LogP contribution in [0.2, 0.25) is 0 Å². The van der Waals surface area contributed by atoms with Crippen molar-refractivity contribution >= 4 is 16.6 Å². The highest BCUT2D eigenvalue weighted by Gasteiger charge is 2.13. The van der Waals surface area contributed by atoms with Crippen molar-refractivity contribution < 1.29 is 17.4 Å². The van der Waals surface area contributed by atoms with Crippen LogP contribution in [0.3, 0.4) is 0 Å². The summed E-state index contributed by atoms with van der Waals surface area (Å²) in [6.07, 6.45) is 0. The zero-order valence-electron chi connectivity index (χ0n) is 6.01. The molecule has 0 aliphatic carbocycles. The van der Waals surface area contributed by atoms with E-state index in [4.69, 9.17) is 0 Å². The van der Waals surface area contributed by atoms with Crippen LogP contribution in [0.4, 0.5) is 0 Å². The molecule has 4 nitrogen and oxygen atoms in total. The summed E-state index contributed by atoms with van der Waals surface area (Å²) >= 11 is 0. The minimum absolute atomic E-state index is 0.0305. The Morgan fingerprint density at radius 1 is 1.17 bits per heavy atom. The molecule has 0 atom stereocenters. The highest BCUT2D eigenvalue weighted by atomic mass is 32.2. The first-order valence-electron chi connectivity index (χ1n) is 3.09. The maximum absolute atomic E-state index is 11.0. The molecule has 0 radical (unpaired) electrons. The first-order valence-corrected chi connectivity index (χ1v) is 4.49. The average Bonchev–Trinajstić information content (AvgIpc) is 2.06. The van der Waals surface area contributed by atoms with E-state index >= 15 is 0 Å². The molecule has 0 saturated heterocycles. The maximum atomic E-state index is 11.0. The summed E-state index contributed by atoms with van der Waals surface area (Å²) in [7, 11) is -3.88. The van der Waals surface area contributed by atoms with Crippen LogP contribution >= 0.6 is 0 Å². The molecule has 5 heteroatoms. The number of rotatable bonds is 3. The first-order chi connectivity index (χ1) is 5.67. The van der Waals surface area contributed by atoms with Gasteiger partial charge in [-0.2, -0.15) is 8.42 Å². The van der Waals surface area contributed by atoms with E-state index in [-0.39, 0.29) is 11.4 Å². The van der Waals surface area contributed by atoms with Crippen molar-refractivity contribution in [3.8, 4) is 0 Å². The Morgan fingerprint density at radius 3 is 2.25 bits per heavy atom. The number of hydrogen-bond donors (Lipinski definition) is 0. The molecule has 0 spiro atoms. The van der Waals surface area contributed by atoms with Gasteiger partial charge in [-0.15, -0.1) is 0 Å². The van der Waals surface area contributed by atoms with Crippen LogP contribution in [0, 0.1) is 0 Å². The Bertz CT molecular complexity index is 354. The van der Waals surface area contributed by atoms with Gasteiger partial charge < -0.3 is 4.18 Å². The molecule has 0 bridgehead atoms. The second kappa shape index (κ2) is 3.36. The Labute approximate surface area is 69.9 Å². The van der Waals surface area contributed by atoms with E-state index in [0.29, 0.717) is 0 Å². The van der Waals surface area contributed by atoms with Crippen molar-refractivity contribution in [1.82, 2.24) is 0 Å². The van der Waals surface area contributed by atoms with Crippen LogP contribution in [-0.2, 0) is 19.1 Å². The Hall–Kier alpha value is -1.36. The monoisotopic (exact) mass is 186 g/mol. The number of carbonyl (C=O) groups is 1. The van der Waals surface area contributed by atoms with E-state index in [2.05, 4.69) is 4.18 Å². The lowest BCUT2D eigenvalue weighted by atomic mass is 10.4. The lowest BCUT2D eigenvalue weighted by Crippen LogP contribution is -2.04. The van der Waals surface area contributed by atoms with Gasteiger partial charge in [0.25, 0.3) is 0 Å². The normalized spacial score (nSPS) is 10.7. The summed E-state index contributed by atoms with van der Waals surface area (Å²) in [5, 5.41) is 0. The highest BCUT2D eigenvalue weighted by Crippen LogP contribution is 2.09. The molecule has 1 rings (SSSR count). The van der Waals surface area contributed by atoms with Crippen molar-refractivity contribution in [2.45, 2.75) is 4.90 Å². The molecule has 1 aromatic rings. The van der Waals surface area contributed by atoms with Gasteiger partial charge in [0, 0.05) is 0 Å². The third-order valence-electron chi connectivity index (χ3n) is 1.20. The summed E-state index contributed by atoms with van der Waals surface area (Å²) < 4.78 is 25.9. The molecule has 64 valence electrons.